The summed E-state index contributed by atoms with van der Waals surface area (Å²) in [5, 5.41) is 1.19. The molecule has 0 bridgehead atoms. The Morgan fingerprint density at radius 2 is 1.38 bits per heavy atom. The second-order valence-electron chi connectivity index (χ2n) is 11.1. The number of rotatable bonds is 1. The lowest BCUT2D eigenvalue weighted by Gasteiger charge is -2.45. The van der Waals surface area contributed by atoms with Crippen LogP contribution >= 0.6 is 11.3 Å². The SMILES string of the molecule is O=C1C(=Cc2cc3c(s2)N2c4ccccc4Cc4cccc(c42)C32CCc3ccccc32)C(=O)c2ccccc21. The number of fused-ring (bicyclic) bond motifs is 9. The number of nitrogens with zero attached hydrogens (tertiary/aromatic N) is 1. The molecule has 3 nitrogen and oxygen atoms in total. The summed E-state index contributed by atoms with van der Waals surface area (Å²) in [6.45, 7) is 0. The van der Waals surface area contributed by atoms with E-state index >= 15 is 0 Å². The molecule has 1 atom stereocenters. The first-order valence-corrected chi connectivity index (χ1v) is 14.6. The fourth-order valence-corrected chi connectivity index (χ4v) is 8.76. The zero-order valence-electron chi connectivity index (χ0n) is 21.6. The molecule has 0 N–H and O–H groups in total. The van der Waals surface area contributed by atoms with Crippen LogP contribution in [0.5, 0.6) is 0 Å². The minimum atomic E-state index is -0.264. The highest BCUT2D eigenvalue weighted by molar-refractivity contribution is 7.17. The zero-order valence-corrected chi connectivity index (χ0v) is 22.4. The van der Waals surface area contributed by atoms with Gasteiger partial charge in [-0.25, -0.2) is 0 Å². The number of para-hydroxylation sites is 2. The van der Waals surface area contributed by atoms with Gasteiger partial charge in [0.05, 0.1) is 22.4 Å². The molecule has 190 valence electrons. The Morgan fingerprint density at radius 1 is 0.700 bits per heavy atom. The molecule has 40 heavy (non-hydrogen) atoms. The number of Topliss-reactive ketones (excluding diaryl/α,β-unsaturated/α-hetero) is 2. The highest BCUT2D eigenvalue weighted by Crippen LogP contribution is 2.63. The van der Waals surface area contributed by atoms with Crippen molar-refractivity contribution in [2.24, 2.45) is 0 Å². The molecule has 0 saturated carbocycles. The van der Waals surface area contributed by atoms with E-state index in [2.05, 4.69) is 77.7 Å². The van der Waals surface area contributed by atoms with Gasteiger partial charge in [0, 0.05) is 28.0 Å². The summed E-state index contributed by atoms with van der Waals surface area (Å²) in [5.74, 6) is -0.358. The topological polar surface area (TPSA) is 37.4 Å². The van der Waals surface area contributed by atoms with Crippen LogP contribution in [0.2, 0.25) is 0 Å². The van der Waals surface area contributed by atoms with E-state index in [9.17, 15) is 9.59 Å². The van der Waals surface area contributed by atoms with Crippen molar-refractivity contribution in [3.8, 4) is 0 Å². The van der Waals surface area contributed by atoms with Gasteiger partial charge in [-0.05, 0) is 58.9 Å². The molecule has 2 aliphatic carbocycles. The van der Waals surface area contributed by atoms with E-state index in [1.165, 1.54) is 49.8 Å². The zero-order chi connectivity index (χ0) is 26.6. The van der Waals surface area contributed by atoms with Crippen LogP contribution in [0.3, 0.4) is 0 Å². The Labute approximate surface area is 236 Å². The fourth-order valence-electron chi connectivity index (χ4n) is 7.56. The number of carbonyl (C=O) groups is 2. The van der Waals surface area contributed by atoms with E-state index in [4.69, 9.17) is 0 Å². The molecule has 2 aliphatic heterocycles. The second kappa shape index (κ2) is 7.77. The van der Waals surface area contributed by atoms with Crippen LogP contribution in [0.25, 0.3) is 6.08 Å². The number of benzene rings is 4. The third-order valence-corrected chi connectivity index (χ3v) is 10.3. The Bertz CT molecular complexity index is 1960. The number of anilines is 3. The van der Waals surface area contributed by atoms with Crippen LogP contribution in [0.1, 0.15) is 65.4 Å². The molecule has 1 spiro atoms. The molecule has 4 aromatic carbocycles. The Morgan fingerprint density at radius 3 is 2.20 bits per heavy atom. The Balaban J connectivity index is 1.32. The fraction of sp³-hybridized carbons (Fsp3) is 0.111. The first-order chi connectivity index (χ1) is 19.6. The van der Waals surface area contributed by atoms with Crippen LogP contribution in [-0.2, 0) is 18.3 Å². The summed E-state index contributed by atoms with van der Waals surface area (Å²) in [6, 6.07) is 33.8. The van der Waals surface area contributed by atoms with Crippen molar-refractivity contribution in [2.75, 3.05) is 4.90 Å². The van der Waals surface area contributed by atoms with E-state index < -0.39 is 0 Å². The van der Waals surface area contributed by atoms with Crippen LogP contribution in [0, 0.1) is 0 Å². The maximum Gasteiger partial charge on any atom is 0.197 e. The van der Waals surface area contributed by atoms with Gasteiger partial charge in [-0.3, -0.25) is 9.59 Å². The van der Waals surface area contributed by atoms with Crippen LogP contribution in [0.15, 0.2) is 103 Å². The molecule has 3 heterocycles. The molecule has 5 aromatic rings. The van der Waals surface area contributed by atoms with E-state index in [-0.39, 0.29) is 22.6 Å². The predicted octanol–water partition coefficient (Wildman–Crippen LogP) is 8.18. The number of carbonyl (C=O) groups excluding carboxylic acids is 2. The number of thiophene rings is 1. The molecule has 1 aromatic heterocycles. The van der Waals surface area contributed by atoms with Gasteiger partial charge >= 0.3 is 0 Å². The van der Waals surface area contributed by atoms with Gasteiger partial charge in [-0.15, -0.1) is 11.3 Å². The van der Waals surface area contributed by atoms with Crippen molar-refractivity contribution in [1.82, 2.24) is 0 Å². The van der Waals surface area contributed by atoms with Crippen LogP contribution in [-0.4, -0.2) is 11.6 Å². The molecule has 1 unspecified atom stereocenters. The van der Waals surface area contributed by atoms with E-state index in [1.54, 1.807) is 23.5 Å². The van der Waals surface area contributed by atoms with Crippen LogP contribution in [0.4, 0.5) is 16.4 Å². The lowest BCUT2D eigenvalue weighted by molar-refractivity contribution is 0.0990. The monoisotopic (exact) mass is 533 g/mol. The third kappa shape index (κ3) is 2.69. The van der Waals surface area contributed by atoms with Gasteiger partial charge in [0.1, 0.15) is 5.00 Å². The molecule has 4 aliphatic rings. The normalized spacial score (nSPS) is 19.3. The van der Waals surface area contributed by atoms with Gasteiger partial charge in [-0.2, -0.15) is 0 Å². The van der Waals surface area contributed by atoms with E-state index in [0.29, 0.717) is 11.1 Å². The Hall–Kier alpha value is -4.54. The predicted molar refractivity (Wildman–Crippen MR) is 160 cm³/mol. The summed E-state index contributed by atoms with van der Waals surface area (Å²) in [6.07, 6.45) is 4.77. The van der Waals surface area contributed by atoms with E-state index in [0.717, 1.165) is 24.1 Å². The van der Waals surface area contributed by atoms with Crippen molar-refractivity contribution < 1.29 is 9.59 Å². The highest BCUT2D eigenvalue weighted by atomic mass is 32.1. The average molecular weight is 534 g/mol. The van der Waals surface area contributed by atoms with Gasteiger partial charge in [0.15, 0.2) is 11.6 Å². The summed E-state index contributed by atoms with van der Waals surface area (Å²) < 4.78 is 0. The largest absolute Gasteiger partial charge is 0.301 e. The maximum absolute atomic E-state index is 13.3. The Kier molecular flexibility index (Phi) is 4.33. The number of hydrogen-bond donors (Lipinski definition) is 0. The lowest BCUT2D eigenvalue weighted by Crippen LogP contribution is -2.35. The summed E-state index contributed by atoms with van der Waals surface area (Å²) in [7, 11) is 0. The van der Waals surface area contributed by atoms with E-state index in [1.807, 2.05) is 18.2 Å². The minimum absolute atomic E-state index is 0.179. The van der Waals surface area contributed by atoms with Crippen molar-refractivity contribution in [3.05, 3.63) is 152 Å². The molecule has 4 heteroatoms. The van der Waals surface area contributed by atoms with Gasteiger partial charge in [0.2, 0.25) is 0 Å². The number of aryl methyl sites for hydroxylation is 1. The molecular formula is C36H23NO2S. The summed E-state index contributed by atoms with van der Waals surface area (Å²) in [4.78, 5) is 30.0. The van der Waals surface area contributed by atoms with Crippen LogP contribution < -0.4 is 4.90 Å². The highest BCUT2D eigenvalue weighted by Gasteiger charge is 2.51. The smallest absolute Gasteiger partial charge is 0.197 e. The average Bonchev–Trinajstić information content (AvgIpc) is 3.66. The maximum atomic E-state index is 13.3. The second-order valence-corrected chi connectivity index (χ2v) is 12.2. The molecule has 0 amide bonds. The molecule has 0 saturated heterocycles. The number of ketones is 2. The molecule has 9 rings (SSSR count). The lowest BCUT2D eigenvalue weighted by atomic mass is 9.67. The number of hydrogen-bond acceptors (Lipinski definition) is 4. The quantitative estimate of drug-likeness (QED) is 0.158. The van der Waals surface area contributed by atoms with Gasteiger partial charge in [-0.1, -0.05) is 84.9 Å². The van der Waals surface area contributed by atoms with Crippen molar-refractivity contribution in [2.45, 2.75) is 24.7 Å². The molecule has 0 radical (unpaired) electrons. The summed E-state index contributed by atoms with van der Waals surface area (Å²) in [5.41, 5.74) is 11.6. The molecular weight excluding hydrogens is 510 g/mol. The number of allylic oxidation sites excluding steroid dienone is 1. The standard InChI is InChI=1S/C36H23NO2S/c38-33-25-11-3-4-12-26(25)34(39)27(33)19-24-20-30-35(40-24)37-31-15-6-2-9-22(31)18-23-10-7-14-29(32(23)37)36(30)17-16-21-8-1-5-13-28(21)36/h1-15,19-20H,16-18H2. The van der Waals surface area contributed by atoms with Gasteiger partial charge in [0.25, 0.3) is 0 Å². The summed E-state index contributed by atoms with van der Waals surface area (Å²) >= 11 is 1.69. The van der Waals surface area contributed by atoms with Crippen molar-refractivity contribution in [3.63, 3.8) is 0 Å². The van der Waals surface area contributed by atoms with Gasteiger partial charge < -0.3 is 4.90 Å². The molecule has 0 fully saturated rings. The third-order valence-electron chi connectivity index (χ3n) is 9.25. The first-order valence-electron chi connectivity index (χ1n) is 13.8. The van der Waals surface area contributed by atoms with Crippen molar-refractivity contribution >= 4 is 45.4 Å². The minimum Gasteiger partial charge on any atom is -0.301 e. The van der Waals surface area contributed by atoms with Crippen molar-refractivity contribution in [1.29, 1.82) is 0 Å². The first kappa shape index (κ1) is 22.3.